The Morgan fingerprint density at radius 2 is 1.67 bits per heavy atom. The van der Waals surface area contributed by atoms with E-state index in [0.717, 1.165) is 31.6 Å². The topological polar surface area (TPSA) is 17.1 Å². The molecule has 1 fully saturated rings. The van der Waals surface area contributed by atoms with Crippen LogP contribution in [0.4, 0.5) is 0 Å². The van der Waals surface area contributed by atoms with Crippen LogP contribution in [0.15, 0.2) is 24.3 Å². The van der Waals surface area contributed by atoms with Crippen molar-refractivity contribution in [2.24, 2.45) is 11.8 Å². The van der Waals surface area contributed by atoms with Crippen LogP contribution >= 0.6 is 0 Å². The number of fused-ring (bicyclic) bond motifs is 1. The molecule has 0 aliphatic heterocycles. The van der Waals surface area contributed by atoms with Gasteiger partial charge in [-0.3, -0.25) is 4.79 Å². The Labute approximate surface area is 110 Å². The van der Waals surface area contributed by atoms with Crippen molar-refractivity contribution in [2.45, 2.75) is 51.4 Å². The predicted molar refractivity (Wildman–Crippen MR) is 73.5 cm³/mol. The van der Waals surface area contributed by atoms with Crippen LogP contribution in [0, 0.1) is 11.8 Å². The van der Waals surface area contributed by atoms with E-state index in [9.17, 15) is 4.79 Å². The van der Waals surface area contributed by atoms with Crippen LogP contribution in [0.5, 0.6) is 0 Å². The molecule has 0 saturated heterocycles. The molecule has 0 spiro atoms. The molecular formula is C17H22O. The number of hydrogen-bond donors (Lipinski definition) is 0. The molecule has 0 aromatic heterocycles. The SMILES string of the molecule is O=C(CCC1CCCC1)C1Cc2ccccc2C1. The van der Waals surface area contributed by atoms with Crippen molar-refractivity contribution in [3.63, 3.8) is 0 Å². The third-order valence-corrected chi connectivity index (χ3v) is 4.78. The first-order valence-corrected chi connectivity index (χ1v) is 7.42. The summed E-state index contributed by atoms with van der Waals surface area (Å²) in [5.41, 5.74) is 2.80. The molecule has 18 heavy (non-hydrogen) atoms. The van der Waals surface area contributed by atoms with E-state index < -0.39 is 0 Å². The van der Waals surface area contributed by atoms with Gasteiger partial charge in [0.1, 0.15) is 5.78 Å². The summed E-state index contributed by atoms with van der Waals surface area (Å²) < 4.78 is 0. The van der Waals surface area contributed by atoms with Gasteiger partial charge in [0.05, 0.1) is 0 Å². The van der Waals surface area contributed by atoms with Crippen LogP contribution in [0.25, 0.3) is 0 Å². The number of carbonyl (C=O) groups excluding carboxylic acids is 1. The predicted octanol–water partition coefficient (Wildman–Crippen LogP) is 3.94. The van der Waals surface area contributed by atoms with Gasteiger partial charge in [0.15, 0.2) is 0 Å². The fourth-order valence-corrected chi connectivity index (χ4v) is 3.64. The lowest BCUT2D eigenvalue weighted by molar-refractivity contribution is -0.122. The van der Waals surface area contributed by atoms with E-state index in [4.69, 9.17) is 0 Å². The van der Waals surface area contributed by atoms with Gasteiger partial charge in [-0.25, -0.2) is 0 Å². The lowest BCUT2D eigenvalue weighted by atomic mass is 9.93. The highest BCUT2D eigenvalue weighted by molar-refractivity contribution is 5.82. The molecule has 0 amide bonds. The summed E-state index contributed by atoms with van der Waals surface area (Å²) in [7, 11) is 0. The van der Waals surface area contributed by atoms with Crippen molar-refractivity contribution < 1.29 is 4.79 Å². The largest absolute Gasteiger partial charge is 0.299 e. The molecule has 1 aromatic rings. The summed E-state index contributed by atoms with van der Waals surface area (Å²) in [6.07, 6.45) is 9.42. The minimum atomic E-state index is 0.281. The van der Waals surface area contributed by atoms with Gasteiger partial charge in [-0.1, -0.05) is 49.9 Å². The van der Waals surface area contributed by atoms with E-state index in [1.165, 1.54) is 36.8 Å². The Morgan fingerprint density at radius 3 is 2.28 bits per heavy atom. The first-order valence-electron chi connectivity index (χ1n) is 7.42. The molecule has 2 aliphatic rings. The van der Waals surface area contributed by atoms with Gasteiger partial charge < -0.3 is 0 Å². The zero-order chi connectivity index (χ0) is 12.4. The van der Waals surface area contributed by atoms with Gasteiger partial charge in [0.2, 0.25) is 0 Å². The molecule has 0 radical (unpaired) electrons. The summed E-state index contributed by atoms with van der Waals surface area (Å²) in [5, 5.41) is 0. The maximum atomic E-state index is 12.3. The minimum absolute atomic E-state index is 0.281. The van der Waals surface area contributed by atoms with Crippen molar-refractivity contribution in [3.05, 3.63) is 35.4 Å². The second-order valence-corrected chi connectivity index (χ2v) is 6.03. The number of ketones is 1. The van der Waals surface area contributed by atoms with Crippen molar-refractivity contribution in [1.82, 2.24) is 0 Å². The van der Waals surface area contributed by atoms with Crippen molar-refractivity contribution >= 4 is 5.78 Å². The summed E-state index contributed by atoms with van der Waals surface area (Å²) in [6, 6.07) is 8.54. The van der Waals surface area contributed by atoms with Gasteiger partial charge in [-0.2, -0.15) is 0 Å². The van der Waals surface area contributed by atoms with Crippen LogP contribution in [-0.2, 0) is 17.6 Å². The van der Waals surface area contributed by atoms with Crippen LogP contribution < -0.4 is 0 Å². The van der Waals surface area contributed by atoms with Crippen molar-refractivity contribution in [1.29, 1.82) is 0 Å². The van der Waals surface area contributed by atoms with Crippen molar-refractivity contribution in [3.8, 4) is 0 Å². The van der Waals surface area contributed by atoms with Gasteiger partial charge in [-0.15, -0.1) is 0 Å². The van der Waals surface area contributed by atoms with Crippen LogP contribution in [0.3, 0.4) is 0 Å². The van der Waals surface area contributed by atoms with E-state index in [-0.39, 0.29) is 5.92 Å². The maximum Gasteiger partial charge on any atom is 0.136 e. The monoisotopic (exact) mass is 242 g/mol. The molecule has 0 atom stereocenters. The third-order valence-electron chi connectivity index (χ3n) is 4.78. The van der Waals surface area contributed by atoms with Gasteiger partial charge in [-0.05, 0) is 36.3 Å². The number of rotatable bonds is 4. The summed E-state index contributed by atoms with van der Waals surface area (Å²) in [4.78, 5) is 12.3. The second kappa shape index (κ2) is 5.26. The summed E-state index contributed by atoms with van der Waals surface area (Å²) in [6.45, 7) is 0. The Hall–Kier alpha value is -1.11. The number of carbonyl (C=O) groups is 1. The van der Waals surface area contributed by atoms with E-state index in [0.29, 0.717) is 5.78 Å². The maximum absolute atomic E-state index is 12.3. The average molecular weight is 242 g/mol. The lowest BCUT2D eigenvalue weighted by Crippen LogP contribution is -2.15. The Balaban J connectivity index is 1.52. The Morgan fingerprint density at radius 1 is 1.06 bits per heavy atom. The molecular weight excluding hydrogens is 220 g/mol. The highest BCUT2D eigenvalue weighted by Gasteiger charge is 2.27. The van der Waals surface area contributed by atoms with Crippen LogP contribution in [0.2, 0.25) is 0 Å². The summed E-state index contributed by atoms with van der Waals surface area (Å²) >= 11 is 0. The molecule has 1 saturated carbocycles. The van der Waals surface area contributed by atoms with E-state index in [1.54, 1.807) is 0 Å². The highest BCUT2D eigenvalue weighted by atomic mass is 16.1. The molecule has 96 valence electrons. The summed E-state index contributed by atoms with van der Waals surface area (Å²) in [5.74, 6) is 1.64. The van der Waals surface area contributed by atoms with Gasteiger partial charge in [0.25, 0.3) is 0 Å². The van der Waals surface area contributed by atoms with E-state index >= 15 is 0 Å². The zero-order valence-electron chi connectivity index (χ0n) is 11.0. The van der Waals surface area contributed by atoms with E-state index in [1.807, 2.05) is 0 Å². The molecule has 3 rings (SSSR count). The molecule has 1 aromatic carbocycles. The molecule has 0 N–H and O–H groups in total. The third kappa shape index (κ3) is 2.50. The number of benzene rings is 1. The van der Waals surface area contributed by atoms with Crippen LogP contribution in [0.1, 0.15) is 49.7 Å². The lowest BCUT2D eigenvalue weighted by Gasteiger charge is -2.11. The number of hydrogen-bond acceptors (Lipinski definition) is 1. The standard InChI is InChI=1S/C17H22O/c18-17(10-9-13-5-1-2-6-13)16-11-14-7-3-4-8-15(14)12-16/h3-4,7-8,13,16H,1-2,5-6,9-12H2. The second-order valence-electron chi connectivity index (χ2n) is 6.03. The van der Waals surface area contributed by atoms with Crippen LogP contribution in [-0.4, -0.2) is 5.78 Å². The Bertz CT molecular complexity index is 404. The highest BCUT2D eigenvalue weighted by Crippen LogP contribution is 2.31. The smallest absolute Gasteiger partial charge is 0.136 e. The average Bonchev–Trinajstić information content (AvgIpc) is 3.04. The first kappa shape index (κ1) is 12.0. The fraction of sp³-hybridized carbons (Fsp3) is 0.588. The molecule has 0 heterocycles. The normalized spacial score (nSPS) is 20.2. The molecule has 2 aliphatic carbocycles. The van der Waals surface area contributed by atoms with Crippen molar-refractivity contribution in [2.75, 3.05) is 0 Å². The molecule has 0 unspecified atom stereocenters. The Kier molecular flexibility index (Phi) is 3.49. The molecule has 1 nitrogen and oxygen atoms in total. The molecule has 0 bridgehead atoms. The zero-order valence-corrected chi connectivity index (χ0v) is 11.0. The fourth-order valence-electron chi connectivity index (χ4n) is 3.64. The first-order chi connectivity index (χ1) is 8.83. The quantitative estimate of drug-likeness (QED) is 0.781. The molecule has 1 heteroatoms. The van der Waals surface area contributed by atoms with Gasteiger partial charge >= 0.3 is 0 Å². The minimum Gasteiger partial charge on any atom is -0.299 e. The van der Waals surface area contributed by atoms with E-state index in [2.05, 4.69) is 24.3 Å². The number of Topliss-reactive ketones (excluding diaryl/α,β-unsaturated/α-hetero) is 1. The van der Waals surface area contributed by atoms with Gasteiger partial charge in [0, 0.05) is 12.3 Å².